The molecule has 3 heterocycles. The first-order valence-electron chi connectivity index (χ1n) is 7.33. The van der Waals surface area contributed by atoms with E-state index >= 15 is 0 Å². The van der Waals surface area contributed by atoms with Gasteiger partial charge in [-0.2, -0.15) is 0 Å². The molecule has 0 spiro atoms. The molecule has 21 heavy (non-hydrogen) atoms. The van der Waals surface area contributed by atoms with Crippen LogP contribution in [0.3, 0.4) is 0 Å². The summed E-state index contributed by atoms with van der Waals surface area (Å²) in [5.74, 6) is 0. The van der Waals surface area contributed by atoms with Crippen molar-refractivity contribution < 1.29 is 9.63 Å². The van der Waals surface area contributed by atoms with Gasteiger partial charge >= 0.3 is 0 Å². The lowest BCUT2D eigenvalue weighted by atomic mass is 9.90. The number of rotatable bonds is 4. The van der Waals surface area contributed by atoms with E-state index in [9.17, 15) is 5.11 Å². The van der Waals surface area contributed by atoms with Crippen LogP contribution >= 0.6 is 0 Å². The van der Waals surface area contributed by atoms with Gasteiger partial charge in [0.2, 0.25) is 0 Å². The summed E-state index contributed by atoms with van der Waals surface area (Å²) in [7, 11) is 0. The quantitative estimate of drug-likeness (QED) is 0.915. The molecule has 1 aliphatic heterocycles. The van der Waals surface area contributed by atoms with Gasteiger partial charge in [0.15, 0.2) is 0 Å². The Bertz CT molecular complexity index is 580. The molecule has 0 amide bonds. The molecule has 1 fully saturated rings. The third kappa shape index (κ3) is 2.98. The average molecular weight is 291 g/mol. The van der Waals surface area contributed by atoms with Crippen LogP contribution < -0.4 is 0 Å². The van der Waals surface area contributed by atoms with E-state index in [1.165, 1.54) is 0 Å². The molecule has 0 bridgehead atoms. The van der Waals surface area contributed by atoms with Crippen LogP contribution in [0.4, 0.5) is 0 Å². The predicted octanol–water partition coefficient (Wildman–Crippen LogP) is 1.33. The summed E-state index contributed by atoms with van der Waals surface area (Å²) in [5.41, 5.74) is 0.598. The number of nitrogens with zero attached hydrogens (tertiary/aromatic N) is 5. The Morgan fingerprint density at radius 1 is 1.48 bits per heavy atom. The number of β-amino-alcohol motifs (C(OH)–C–C–N with tert-alkyl or cyclic N) is 1. The van der Waals surface area contributed by atoms with Gasteiger partial charge < -0.3 is 9.63 Å². The first-order chi connectivity index (χ1) is 10.1. The molecule has 0 aromatic carbocycles. The van der Waals surface area contributed by atoms with E-state index in [2.05, 4.69) is 20.4 Å². The maximum atomic E-state index is 10.9. The summed E-state index contributed by atoms with van der Waals surface area (Å²) in [5, 5.41) is 23.1. The Morgan fingerprint density at radius 3 is 3.00 bits per heavy atom. The van der Waals surface area contributed by atoms with Gasteiger partial charge in [0.25, 0.3) is 0 Å². The van der Waals surface area contributed by atoms with Crippen LogP contribution in [0.25, 0.3) is 0 Å². The first-order valence-corrected chi connectivity index (χ1v) is 7.33. The zero-order chi connectivity index (χ0) is 14.9. The summed E-state index contributed by atoms with van der Waals surface area (Å²) in [4.78, 5) is 2.18. The normalized spacial score (nSPS) is 23.8. The smallest absolute Gasteiger partial charge is 0.124 e. The van der Waals surface area contributed by atoms with Crippen LogP contribution in [0.2, 0.25) is 0 Å². The second-order valence-corrected chi connectivity index (χ2v) is 6.01. The largest absolute Gasteiger partial charge is 0.382 e. The van der Waals surface area contributed by atoms with E-state index < -0.39 is 5.60 Å². The van der Waals surface area contributed by atoms with Crippen molar-refractivity contribution in [2.75, 3.05) is 13.1 Å². The second kappa shape index (κ2) is 5.57. The van der Waals surface area contributed by atoms with Crippen molar-refractivity contribution >= 4 is 0 Å². The maximum Gasteiger partial charge on any atom is 0.124 e. The molecule has 3 rings (SSSR count). The van der Waals surface area contributed by atoms with Crippen molar-refractivity contribution in [2.24, 2.45) is 0 Å². The Balaban J connectivity index is 1.73. The van der Waals surface area contributed by atoms with E-state index in [1.807, 2.05) is 26.1 Å². The summed E-state index contributed by atoms with van der Waals surface area (Å²) < 4.78 is 6.64. The Kier molecular flexibility index (Phi) is 3.77. The fourth-order valence-electron chi connectivity index (χ4n) is 2.76. The lowest BCUT2D eigenvalue weighted by Crippen LogP contribution is -2.46. The summed E-state index contributed by atoms with van der Waals surface area (Å²) in [6, 6.07) is 2.09. The molecule has 7 heteroatoms. The Labute approximate surface area is 123 Å². The topological polar surface area (TPSA) is 80.2 Å². The van der Waals surface area contributed by atoms with Crippen molar-refractivity contribution in [2.45, 2.75) is 44.9 Å². The summed E-state index contributed by atoms with van der Waals surface area (Å²) >= 11 is 0. The lowest BCUT2D eigenvalue weighted by molar-refractivity contribution is -0.0419. The molecule has 0 saturated carbocycles. The molecule has 0 unspecified atom stereocenters. The fourth-order valence-corrected chi connectivity index (χ4v) is 2.76. The highest BCUT2D eigenvalue weighted by Crippen LogP contribution is 2.31. The van der Waals surface area contributed by atoms with Gasteiger partial charge in [-0.25, -0.2) is 4.68 Å². The van der Waals surface area contributed by atoms with E-state index in [0.29, 0.717) is 25.2 Å². The number of aliphatic hydroxyl groups is 1. The van der Waals surface area contributed by atoms with Gasteiger partial charge in [-0.3, -0.25) is 4.90 Å². The zero-order valence-corrected chi connectivity index (χ0v) is 12.4. The monoisotopic (exact) mass is 291 g/mol. The molecule has 1 atom stereocenters. The third-order valence-corrected chi connectivity index (χ3v) is 3.94. The number of aromatic nitrogens is 4. The third-order valence-electron chi connectivity index (χ3n) is 3.94. The molecule has 1 aliphatic rings. The van der Waals surface area contributed by atoms with Crippen LogP contribution in [-0.4, -0.2) is 43.2 Å². The Morgan fingerprint density at radius 2 is 2.33 bits per heavy atom. The molecule has 2 aromatic rings. The highest BCUT2D eigenvalue weighted by molar-refractivity contribution is 5.10. The molecule has 0 aliphatic carbocycles. The van der Waals surface area contributed by atoms with Crippen LogP contribution in [0.1, 0.15) is 44.1 Å². The number of likely N-dealkylation sites (tertiary alicyclic amines) is 1. The van der Waals surface area contributed by atoms with Crippen LogP contribution in [0.5, 0.6) is 0 Å². The highest BCUT2D eigenvalue weighted by atomic mass is 16.5. The van der Waals surface area contributed by atoms with Gasteiger partial charge in [-0.05, 0) is 33.2 Å². The van der Waals surface area contributed by atoms with Crippen molar-refractivity contribution in [3.05, 3.63) is 29.9 Å². The molecular formula is C14H21N5O2. The van der Waals surface area contributed by atoms with Crippen molar-refractivity contribution in [1.29, 1.82) is 0 Å². The van der Waals surface area contributed by atoms with Crippen LogP contribution in [-0.2, 0) is 12.1 Å². The van der Waals surface area contributed by atoms with Gasteiger partial charge in [0, 0.05) is 25.2 Å². The van der Waals surface area contributed by atoms with Gasteiger partial charge in [0.1, 0.15) is 17.6 Å². The Hall–Kier alpha value is -1.73. The molecular weight excluding hydrogens is 270 g/mol. The van der Waals surface area contributed by atoms with Gasteiger partial charge in [-0.1, -0.05) is 10.4 Å². The van der Waals surface area contributed by atoms with E-state index in [1.54, 1.807) is 10.9 Å². The maximum absolute atomic E-state index is 10.9. The molecule has 114 valence electrons. The summed E-state index contributed by atoms with van der Waals surface area (Å²) in [6.07, 6.45) is 5.05. The number of hydrogen-bond acceptors (Lipinski definition) is 6. The average Bonchev–Trinajstić information content (AvgIpc) is 3.09. The fraction of sp³-hybridized carbons (Fsp3) is 0.643. The second-order valence-electron chi connectivity index (χ2n) is 6.01. The SMILES string of the molecule is CC(C)n1cc([C@@]2(O)CCCN(Cc3ccon3)C2)nn1. The van der Waals surface area contributed by atoms with Crippen LogP contribution in [0, 0.1) is 0 Å². The van der Waals surface area contributed by atoms with Crippen molar-refractivity contribution in [1.82, 2.24) is 25.1 Å². The van der Waals surface area contributed by atoms with E-state index in [4.69, 9.17) is 4.52 Å². The molecule has 1 saturated heterocycles. The predicted molar refractivity (Wildman–Crippen MR) is 75.3 cm³/mol. The molecule has 2 aromatic heterocycles. The zero-order valence-electron chi connectivity index (χ0n) is 12.4. The lowest BCUT2D eigenvalue weighted by Gasteiger charge is -2.37. The minimum Gasteiger partial charge on any atom is -0.382 e. The van der Waals surface area contributed by atoms with Gasteiger partial charge in [0.05, 0.1) is 11.9 Å². The standard InChI is InChI=1S/C14H21N5O2/c1-11(2)19-9-13(15-17-19)14(20)5-3-6-18(10-14)8-12-4-7-21-16-12/h4,7,9,11,20H,3,5-6,8,10H2,1-2H3/t14-/m1/s1. The van der Waals surface area contributed by atoms with Crippen LogP contribution in [0.15, 0.2) is 23.0 Å². The molecule has 0 radical (unpaired) electrons. The van der Waals surface area contributed by atoms with Crippen molar-refractivity contribution in [3.63, 3.8) is 0 Å². The molecule has 7 nitrogen and oxygen atoms in total. The summed E-state index contributed by atoms with van der Waals surface area (Å²) in [6.45, 7) is 6.24. The number of hydrogen-bond donors (Lipinski definition) is 1. The minimum absolute atomic E-state index is 0.240. The molecule has 1 N–H and O–H groups in total. The highest BCUT2D eigenvalue weighted by Gasteiger charge is 2.37. The van der Waals surface area contributed by atoms with Crippen molar-refractivity contribution in [3.8, 4) is 0 Å². The van der Waals surface area contributed by atoms with Gasteiger partial charge in [-0.15, -0.1) is 5.10 Å². The number of piperidine rings is 1. The van der Waals surface area contributed by atoms with E-state index in [0.717, 1.165) is 18.7 Å². The first kappa shape index (κ1) is 14.2. The van der Waals surface area contributed by atoms with E-state index in [-0.39, 0.29) is 6.04 Å². The minimum atomic E-state index is -0.935.